The number of rotatable bonds is 4. The van der Waals surface area contributed by atoms with Crippen LogP contribution in [-0.4, -0.2) is 55.5 Å². The normalized spacial score (nSPS) is 17.3. The van der Waals surface area contributed by atoms with E-state index in [-0.39, 0.29) is 24.1 Å². The number of anilines is 1. The van der Waals surface area contributed by atoms with Gasteiger partial charge in [-0.1, -0.05) is 13.8 Å². The van der Waals surface area contributed by atoms with Crippen LogP contribution in [0.25, 0.3) is 0 Å². The lowest BCUT2D eigenvalue weighted by molar-refractivity contribution is -0.137. The molecule has 1 aliphatic rings. The Morgan fingerprint density at radius 2 is 1.79 bits per heavy atom. The summed E-state index contributed by atoms with van der Waals surface area (Å²) in [4.78, 5) is 16.3. The number of piperazine rings is 1. The van der Waals surface area contributed by atoms with Gasteiger partial charge in [0.15, 0.2) is 0 Å². The van der Waals surface area contributed by atoms with E-state index in [2.05, 4.69) is 10.2 Å². The molecule has 1 fully saturated rings. The summed E-state index contributed by atoms with van der Waals surface area (Å²) >= 11 is 0. The average Bonchev–Trinajstić information content (AvgIpc) is 2.48. The number of benzene rings is 1. The first-order valence-electron chi connectivity index (χ1n) is 8.08. The fraction of sp³-hybridized carbons (Fsp3) is 0.588. The third-order valence-corrected chi connectivity index (χ3v) is 4.20. The van der Waals surface area contributed by atoms with Gasteiger partial charge < -0.3 is 10.2 Å². The molecule has 0 bridgehead atoms. The number of nitrogens with one attached hydrogen (secondary N) is 1. The lowest BCUT2D eigenvalue weighted by Gasteiger charge is -2.31. The molecule has 1 aliphatic heterocycles. The van der Waals surface area contributed by atoms with Gasteiger partial charge in [0, 0.05) is 31.9 Å². The summed E-state index contributed by atoms with van der Waals surface area (Å²) in [6.45, 7) is 7.17. The van der Waals surface area contributed by atoms with Gasteiger partial charge in [0.2, 0.25) is 5.91 Å². The molecule has 0 radical (unpaired) electrons. The van der Waals surface area contributed by atoms with E-state index in [1.807, 2.05) is 25.8 Å². The zero-order valence-corrected chi connectivity index (χ0v) is 14.3. The quantitative estimate of drug-likeness (QED) is 0.913. The fourth-order valence-electron chi connectivity index (χ4n) is 2.63. The molecule has 0 aromatic heterocycles. The Bertz CT molecular complexity index is 579. The van der Waals surface area contributed by atoms with Gasteiger partial charge in [0.05, 0.1) is 12.1 Å². The van der Waals surface area contributed by atoms with Gasteiger partial charge in [0.25, 0.3) is 0 Å². The number of carbonyl (C=O) groups is 1. The second kappa shape index (κ2) is 7.53. The third-order valence-electron chi connectivity index (χ3n) is 4.20. The lowest BCUT2D eigenvalue weighted by Crippen LogP contribution is -2.47. The topological polar surface area (TPSA) is 35.6 Å². The minimum Gasteiger partial charge on any atom is -0.325 e. The van der Waals surface area contributed by atoms with Gasteiger partial charge >= 0.3 is 6.18 Å². The first-order chi connectivity index (χ1) is 11.1. The molecule has 0 unspecified atom stereocenters. The smallest absolute Gasteiger partial charge is 0.325 e. The second-order valence-electron chi connectivity index (χ2n) is 6.62. The zero-order valence-electron chi connectivity index (χ0n) is 14.3. The molecular formula is C17H24F3N3O. The Hall–Kier alpha value is -1.60. The Morgan fingerprint density at radius 3 is 2.33 bits per heavy atom. The van der Waals surface area contributed by atoms with E-state index in [0.29, 0.717) is 5.56 Å². The van der Waals surface area contributed by atoms with Crippen LogP contribution < -0.4 is 5.32 Å². The fourth-order valence-corrected chi connectivity index (χ4v) is 2.63. The van der Waals surface area contributed by atoms with E-state index in [1.54, 1.807) is 6.07 Å². The molecule has 1 heterocycles. The SMILES string of the molecule is CC(C)c1cc(NC(=O)CN2CCN(C)CC2)cc(C(F)(F)F)c1. The molecule has 7 heteroatoms. The largest absolute Gasteiger partial charge is 0.416 e. The van der Waals surface area contributed by atoms with Crippen molar-refractivity contribution < 1.29 is 18.0 Å². The van der Waals surface area contributed by atoms with Gasteiger partial charge in [0.1, 0.15) is 0 Å². The van der Waals surface area contributed by atoms with Crippen molar-refractivity contribution in [3.05, 3.63) is 29.3 Å². The van der Waals surface area contributed by atoms with Gasteiger partial charge in [-0.2, -0.15) is 13.2 Å². The predicted molar refractivity (Wildman–Crippen MR) is 88.1 cm³/mol. The van der Waals surface area contributed by atoms with Crippen LogP contribution in [0.4, 0.5) is 18.9 Å². The van der Waals surface area contributed by atoms with Crippen molar-refractivity contribution in [1.29, 1.82) is 0 Å². The van der Waals surface area contributed by atoms with Crippen molar-refractivity contribution in [2.45, 2.75) is 25.9 Å². The molecule has 0 aliphatic carbocycles. The highest BCUT2D eigenvalue weighted by atomic mass is 19.4. The van der Waals surface area contributed by atoms with E-state index in [1.165, 1.54) is 0 Å². The number of likely N-dealkylation sites (N-methyl/N-ethyl adjacent to an activating group) is 1. The summed E-state index contributed by atoms with van der Waals surface area (Å²) in [6, 6.07) is 3.75. The van der Waals surface area contributed by atoms with Crippen LogP contribution >= 0.6 is 0 Å². The maximum atomic E-state index is 13.0. The van der Waals surface area contributed by atoms with E-state index in [9.17, 15) is 18.0 Å². The highest BCUT2D eigenvalue weighted by molar-refractivity contribution is 5.92. The van der Waals surface area contributed by atoms with E-state index < -0.39 is 11.7 Å². The zero-order chi connectivity index (χ0) is 17.9. The number of carbonyl (C=O) groups excluding carboxylic acids is 1. The predicted octanol–water partition coefficient (Wildman–Crippen LogP) is 3.01. The van der Waals surface area contributed by atoms with Crippen LogP contribution in [0.5, 0.6) is 0 Å². The summed E-state index contributed by atoms with van der Waals surface area (Å²) in [5.41, 5.74) is 0.0240. The van der Waals surface area contributed by atoms with Gasteiger partial charge in [-0.05, 0) is 36.7 Å². The standard InChI is InChI=1S/C17H24F3N3O/c1-12(2)13-8-14(17(18,19)20)10-15(9-13)21-16(24)11-23-6-4-22(3)5-7-23/h8-10,12H,4-7,11H2,1-3H3,(H,21,24). The minimum absolute atomic E-state index is 0.0550. The number of halogens is 3. The molecule has 1 N–H and O–H groups in total. The number of alkyl halides is 3. The van der Waals surface area contributed by atoms with Crippen molar-refractivity contribution in [3.63, 3.8) is 0 Å². The molecule has 0 atom stereocenters. The third kappa shape index (κ3) is 5.21. The highest BCUT2D eigenvalue weighted by Crippen LogP contribution is 2.33. The van der Waals surface area contributed by atoms with Crippen molar-refractivity contribution in [2.24, 2.45) is 0 Å². The van der Waals surface area contributed by atoms with Crippen molar-refractivity contribution in [2.75, 3.05) is 45.1 Å². The number of hydrogen-bond acceptors (Lipinski definition) is 3. The van der Waals surface area contributed by atoms with Gasteiger partial charge in [-0.25, -0.2) is 0 Å². The molecule has 2 rings (SSSR count). The molecule has 24 heavy (non-hydrogen) atoms. The molecular weight excluding hydrogens is 319 g/mol. The van der Waals surface area contributed by atoms with E-state index >= 15 is 0 Å². The summed E-state index contributed by atoms with van der Waals surface area (Å²) in [5, 5.41) is 2.61. The Labute approximate surface area is 140 Å². The van der Waals surface area contributed by atoms with Crippen molar-refractivity contribution in [1.82, 2.24) is 9.80 Å². The van der Waals surface area contributed by atoms with Gasteiger partial charge in [-0.15, -0.1) is 0 Å². The maximum Gasteiger partial charge on any atom is 0.416 e. The first kappa shape index (κ1) is 18.7. The van der Waals surface area contributed by atoms with Crippen molar-refractivity contribution >= 4 is 11.6 Å². The van der Waals surface area contributed by atoms with Crippen LogP contribution in [0.2, 0.25) is 0 Å². The van der Waals surface area contributed by atoms with Crippen LogP contribution in [0, 0.1) is 0 Å². The molecule has 1 saturated heterocycles. The Morgan fingerprint density at radius 1 is 1.17 bits per heavy atom. The Balaban J connectivity index is 2.07. The molecule has 0 spiro atoms. The van der Waals surface area contributed by atoms with Crippen LogP contribution in [0.15, 0.2) is 18.2 Å². The molecule has 1 aromatic rings. The average molecular weight is 343 g/mol. The summed E-state index contributed by atoms with van der Waals surface area (Å²) in [5.74, 6) is -0.339. The van der Waals surface area contributed by atoms with E-state index in [0.717, 1.165) is 38.3 Å². The minimum atomic E-state index is -4.43. The maximum absolute atomic E-state index is 13.0. The molecule has 0 saturated carbocycles. The van der Waals surface area contributed by atoms with Crippen molar-refractivity contribution in [3.8, 4) is 0 Å². The second-order valence-corrected chi connectivity index (χ2v) is 6.62. The Kier molecular flexibility index (Phi) is 5.87. The molecule has 1 amide bonds. The van der Waals surface area contributed by atoms with Crippen LogP contribution in [-0.2, 0) is 11.0 Å². The first-order valence-corrected chi connectivity index (χ1v) is 8.08. The molecule has 134 valence electrons. The summed E-state index contributed by atoms with van der Waals surface area (Å²) < 4.78 is 39.1. The number of amides is 1. The number of nitrogens with zero attached hydrogens (tertiary/aromatic N) is 2. The highest BCUT2D eigenvalue weighted by Gasteiger charge is 2.31. The number of hydrogen-bond donors (Lipinski definition) is 1. The molecule has 1 aromatic carbocycles. The summed E-state index contributed by atoms with van der Waals surface area (Å²) in [6.07, 6.45) is -4.43. The lowest BCUT2D eigenvalue weighted by atomic mass is 9.99. The van der Waals surface area contributed by atoms with Crippen LogP contribution in [0.3, 0.4) is 0 Å². The summed E-state index contributed by atoms with van der Waals surface area (Å²) in [7, 11) is 2.02. The molecule has 4 nitrogen and oxygen atoms in total. The van der Waals surface area contributed by atoms with Crippen LogP contribution in [0.1, 0.15) is 30.9 Å². The van der Waals surface area contributed by atoms with E-state index in [4.69, 9.17) is 0 Å². The monoisotopic (exact) mass is 343 g/mol. The van der Waals surface area contributed by atoms with Gasteiger partial charge in [-0.3, -0.25) is 9.69 Å².